The first-order chi connectivity index (χ1) is 15.2. The Bertz CT molecular complexity index is 1340. The van der Waals surface area contributed by atoms with Crippen LogP contribution in [0.4, 0.5) is 5.69 Å². The number of hydrogen-bond acceptors (Lipinski definition) is 9. The van der Waals surface area contributed by atoms with Gasteiger partial charge in [-0.3, -0.25) is 4.79 Å². The van der Waals surface area contributed by atoms with Crippen LogP contribution in [0.3, 0.4) is 0 Å². The van der Waals surface area contributed by atoms with E-state index in [-0.39, 0.29) is 11.7 Å². The molecule has 0 aliphatic heterocycles. The zero-order chi connectivity index (χ0) is 21.2. The number of anilines is 1. The van der Waals surface area contributed by atoms with Gasteiger partial charge >= 0.3 is 0 Å². The number of fused-ring (bicyclic) bond motifs is 1. The Hall–Kier alpha value is -3.64. The molecule has 0 saturated heterocycles. The van der Waals surface area contributed by atoms with Crippen molar-refractivity contribution in [1.29, 1.82) is 0 Å². The second kappa shape index (κ2) is 8.24. The molecule has 0 spiro atoms. The summed E-state index contributed by atoms with van der Waals surface area (Å²) in [5.74, 6) is 0.796. The molecule has 0 bridgehead atoms. The van der Waals surface area contributed by atoms with Crippen molar-refractivity contribution in [3.63, 3.8) is 0 Å². The summed E-state index contributed by atoms with van der Waals surface area (Å²) in [6, 6.07) is 15.3. The van der Waals surface area contributed by atoms with Crippen molar-refractivity contribution in [2.75, 3.05) is 11.1 Å². The molecule has 5 aromatic rings. The second-order valence-electron chi connectivity index (χ2n) is 6.49. The summed E-state index contributed by atoms with van der Waals surface area (Å²) in [6.07, 6.45) is 0. The molecular formula is C19H15N9OS2. The smallest absolute Gasteiger partial charge is 0.234 e. The average molecular weight is 450 g/mol. The molecule has 0 radical (unpaired) electrons. The molecular weight excluding hydrogens is 434 g/mol. The van der Waals surface area contributed by atoms with E-state index in [1.54, 1.807) is 22.9 Å². The summed E-state index contributed by atoms with van der Waals surface area (Å²) in [6.45, 7) is 0. The van der Waals surface area contributed by atoms with E-state index in [9.17, 15) is 4.79 Å². The van der Waals surface area contributed by atoms with Crippen LogP contribution in [-0.2, 0) is 11.8 Å². The minimum Gasteiger partial charge on any atom is -0.325 e. The zero-order valence-corrected chi connectivity index (χ0v) is 17.8. The van der Waals surface area contributed by atoms with Gasteiger partial charge in [-0.15, -0.1) is 26.6 Å². The first kappa shape index (κ1) is 19.3. The number of carbonyl (C=O) groups excluding carboxylic acids is 1. The number of tetrazole rings is 1. The Morgan fingerprint density at radius 1 is 1.10 bits per heavy atom. The fourth-order valence-electron chi connectivity index (χ4n) is 2.90. The van der Waals surface area contributed by atoms with E-state index in [2.05, 4.69) is 31.0 Å². The van der Waals surface area contributed by atoms with Crippen molar-refractivity contribution < 1.29 is 4.79 Å². The summed E-state index contributed by atoms with van der Waals surface area (Å²) < 4.78 is 3.27. The highest BCUT2D eigenvalue weighted by Gasteiger charge is 2.12. The lowest BCUT2D eigenvalue weighted by atomic mass is 10.1. The van der Waals surface area contributed by atoms with Gasteiger partial charge in [-0.2, -0.15) is 9.61 Å². The molecule has 1 N–H and O–H groups in total. The maximum absolute atomic E-state index is 12.2. The summed E-state index contributed by atoms with van der Waals surface area (Å²) in [5, 5.41) is 29.8. The predicted octanol–water partition coefficient (Wildman–Crippen LogP) is 2.77. The number of aryl methyl sites for hydroxylation is 1. The molecule has 31 heavy (non-hydrogen) atoms. The van der Waals surface area contributed by atoms with Crippen LogP contribution in [0, 0.1) is 0 Å². The maximum atomic E-state index is 12.2. The van der Waals surface area contributed by atoms with E-state index in [1.807, 2.05) is 53.9 Å². The van der Waals surface area contributed by atoms with Crippen LogP contribution in [-0.4, -0.2) is 51.7 Å². The molecule has 0 fully saturated rings. The Morgan fingerprint density at radius 3 is 2.71 bits per heavy atom. The number of thioether (sulfide) groups is 1. The number of nitrogens with one attached hydrogen (secondary N) is 1. The monoisotopic (exact) mass is 449 g/mol. The standard InChI is InChI=1S/C19H15N9OS2/c1-27-19(23-25-26-27)31-11-17(29)20-13-6-4-12(5-7-13)14-8-9-16-21-22-18(28(16)24-14)15-3-2-10-30-15/h2-10H,11H2,1H3,(H,20,29). The molecule has 0 aliphatic carbocycles. The molecule has 1 aromatic carbocycles. The quantitative estimate of drug-likeness (QED) is 0.394. The number of thiophene rings is 1. The molecule has 4 heterocycles. The lowest BCUT2D eigenvalue weighted by Crippen LogP contribution is -2.14. The van der Waals surface area contributed by atoms with Crippen molar-refractivity contribution in [3.05, 3.63) is 53.9 Å². The van der Waals surface area contributed by atoms with Crippen LogP contribution in [0.25, 0.3) is 27.6 Å². The first-order valence-corrected chi connectivity index (χ1v) is 11.1. The SMILES string of the molecule is Cn1nnnc1SCC(=O)Nc1ccc(-c2ccc3nnc(-c4cccs4)n3n2)cc1. The highest BCUT2D eigenvalue weighted by Crippen LogP contribution is 2.25. The Labute approximate surface area is 184 Å². The lowest BCUT2D eigenvalue weighted by molar-refractivity contribution is -0.113. The van der Waals surface area contributed by atoms with E-state index in [0.29, 0.717) is 22.3 Å². The van der Waals surface area contributed by atoms with Crippen molar-refractivity contribution in [2.24, 2.45) is 7.05 Å². The lowest BCUT2D eigenvalue weighted by Gasteiger charge is -2.07. The molecule has 0 aliphatic rings. The van der Waals surface area contributed by atoms with Crippen LogP contribution in [0.5, 0.6) is 0 Å². The van der Waals surface area contributed by atoms with E-state index in [1.165, 1.54) is 16.4 Å². The van der Waals surface area contributed by atoms with E-state index in [4.69, 9.17) is 5.10 Å². The Kier molecular flexibility index (Phi) is 5.14. The number of benzene rings is 1. The van der Waals surface area contributed by atoms with Gasteiger partial charge in [0.2, 0.25) is 11.1 Å². The number of aromatic nitrogens is 8. The van der Waals surface area contributed by atoms with Gasteiger partial charge < -0.3 is 5.32 Å². The molecule has 12 heteroatoms. The predicted molar refractivity (Wildman–Crippen MR) is 118 cm³/mol. The topological polar surface area (TPSA) is 116 Å². The van der Waals surface area contributed by atoms with Crippen LogP contribution in [0.2, 0.25) is 0 Å². The van der Waals surface area contributed by atoms with Gasteiger partial charge in [0.1, 0.15) is 0 Å². The molecule has 0 saturated carbocycles. The number of nitrogens with zero attached hydrogens (tertiary/aromatic N) is 8. The summed E-state index contributed by atoms with van der Waals surface area (Å²) in [4.78, 5) is 13.2. The molecule has 4 aromatic heterocycles. The summed E-state index contributed by atoms with van der Waals surface area (Å²) in [5.41, 5.74) is 3.10. The Morgan fingerprint density at radius 2 is 1.97 bits per heavy atom. The number of amides is 1. The van der Waals surface area contributed by atoms with Crippen molar-refractivity contribution in [2.45, 2.75) is 5.16 Å². The largest absolute Gasteiger partial charge is 0.325 e. The van der Waals surface area contributed by atoms with Crippen molar-refractivity contribution in [3.8, 4) is 22.0 Å². The number of carbonyl (C=O) groups is 1. The summed E-state index contributed by atoms with van der Waals surface area (Å²) in [7, 11) is 1.73. The van der Waals surface area contributed by atoms with E-state index >= 15 is 0 Å². The molecule has 154 valence electrons. The third kappa shape index (κ3) is 4.02. The fourth-order valence-corrected chi connectivity index (χ4v) is 4.24. The maximum Gasteiger partial charge on any atom is 0.234 e. The minimum atomic E-state index is -0.134. The molecule has 0 unspecified atom stereocenters. The highest BCUT2D eigenvalue weighted by molar-refractivity contribution is 7.99. The van der Waals surface area contributed by atoms with E-state index in [0.717, 1.165) is 16.1 Å². The van der Waals surface area contributed by atoms with Crippen LogP contribution in [0.1, 0.15) is 0 Å². The summed E-state index contributed by atoms with van der Waals surface area (Å²) >= 11 is 2.87. The van der Waals surface area contributed by atoms with Gasteiger partial charge in [0.05, 0.1) is 16.3 Å². The van der Waals surface area contributed by atoms with E-state index < -0.39 is 0 Å². The highest BCUT2D eigenvalue weighted by atomic mass is 32.2. The van der Waals surface area contributed by atoms with Crippen molar-refractivity contribution in [1.82, 2.24) is 40.0 Å². The second-order valence-corrected chi connectivity index (χ2v) is 8.38. The van der Waals surface area contributed by atoms with Gasteiger partial charge in [-0.05, 0) is 46.1 Å². The van der Waals surface area contributed by atoms with Gasteiger partial charge in [0.25, 0.3) is 0 Å². The fraction of sp³-hybridized carbons (Fsp3) is 0.105. The van der Waals surface area contributed by atoms with Crippen molar-refractivity contribution >= 4 is 40.3 Å². The van der Waals surface area contributed by atoms with Gasteiger partial charge in [0, 0.05) is 18.3 Å². The third-order valence-electron chi connectivity index (χ3n) is 4.38. The number of rotatable bonds is 6. The first-order valence-electron chi connectivity index (χ1n) is 9.19. The van der Waals surface area contributed by atoms with Gasteiger partial charge in [-0.25, -0.2) is 4.68 Å². The normalized spacial score (nSPS) is 11.1. The van der Waals surface area contributed by atoms with Crippen LogP contribution in [0.15, 0.2) is 59.1 Å². The number of hydrogen-bond donors (Lipinski definition) is 1. The van der Waals surface area contributed by atoms with Gasteiger partial charge in [-0.1, -0.05) is 30.0 Å². The molecule has 0 atom stereocenters. The third-order valence-corrected chi connectivity index (χ3v) is 6.26. The molecule has 10 nitrogen and oxygen atoms in total. The molecule has 1 amide bonds. The Balaban J connectivity index is 1.30. The zero-order valence-electron chi connectivity index (χ0n) is 16.2. The average Bonchev–Trinajstić information content (AvgIpc) is 3.53. The van der Waals surface area contributed by atoms with Gasteiger partial charge in [0.15, 0.2) is 11.5 Å². The van der Waals surface area contributed by atoms with Crippen LogP contribution < -0.4 is 5.32 Å². The minimum absolute atomic E-state index is 0.134. The van der Waals surface area contributed by atoms with Crippen LogP contribution >= 0.6 is 23.1 Å². The molecule has 5 rings (SSSR count).